The monoisotopic (exact) mass is 319 g/mol. The largest absolute Gasteiger partial charge is 0.307 e. The Kier molecular flexibility index (Phi) is 4.54. The minimum absolute atomic E-state index is 0.347. The van der Waals surface area contributed by atoms with Crippen LogP contribution in [0.25, 0.3) is 0 Å². The highest BCUT2D eigenvalue weighted by molar-refractivity contribution is 6.31. The van der Waals surface area contributed by atoms with E-state index in [0.717, 1.165) is 22.9 Å². The molecule has 3 heteroatoms. The van der Waals surface area contributed by atoms with E-state index in [0.29, 0.717) is 18.0 Å². The van der Waals surface area contributed by atoms with Gasteiger partial charge in [0.1, 0.15) is 0 Å². The molecule has 1 N–H and O–H groups in total. The van der Waals surface area contributed by atoms with Gasteiger partial charge >= 0.3 is 0 Å². The molecule has 0 aromatic heterocycles. The summed E-state index contributed by atoms with van der Waals surface area (Å²) in [7, 11) is 0. The number of nitrogens with one attached hydrogen (secondary N) is 1. The zero-order valence-corrected chi connectivity index (χ0v) is 13.5. The lowest BCUT2D eigenvalue weighted by atomic mass is 9.75. The number of benzene rings is 2. The van der Waals surface area contributed by atoms with E-state index in [9.17, 15) is 0 Å². The Balaban J connectivity index is 1.55. The van der Waals surface area contributed by atoms with Crippen LogP contribution in [0.1, 0.15) is 42.9 Å². The number of hydrogen-bond acceptors (Lipinski definition) is 1. The topological polar surface area (TPSA) is 12.0 Å². The van der Waals surface area contributed by atoms with Gasteiger partial charge in [-0.15, -0.1) is 0 Å². The van der Waals surface area contributed by atoms with Crippen molar-refractivity contribution in [3.8, 4) is 0 Å². The molecule has 0 amide bonds. The van der Waals surface area contributed by atoms with Gasteiger partial charge in [-0.1, -0.05) is 53.5 Å². The Morgan fingerprint density at radius 1 is 1.00 bits per heavy atom. The third-order valence-electron chi connectivity index (χ3n) is 4.34. The highest BCUT2D eigenvalue weighted by Crippen LogP contribution is 2.40. The second-order valence-corrected chi connectivity index (χ2v) is 6.67. The molecular formula is C18H19Cl2N. The van der Waals surface area contributed by atoms with Crippen LogP contribution in [0.4, 0.5) is 0 Å². The standard InChI is InChI=1S/C18H19Cl2N/c1-12(13-6-8-15(19)9-7-13)21-16-10-14(11-16)17-4-2-3-5-18(17)20/h2-9,12,14,16,21H,10-11H2,1H3. The summed E-state index contributed by atoms with van der Waals surface area (Å²) < 4.78 is 0. The average molecular weight is 320 g/mol. The fraction of sp³-hybridized carbons (Fsp3) is 0.333. The van der Waals surface area contributed by atoms with Gasteiger partial charge in [0, 0.05) is 22.1 Å². The van der Waals surface area contributed by atoms with Crippen LogP contribution in [0, 0.1) is 0 Å². The quantitative estimate of drug-likeness (QED) is 0.774. The van der Waals surface area contributed by atoms with Gasteiger partial charge in [0.2, 0.25) is 0 Å². The van der Waals surface area contributed by atoms with Crippen molar-refractivity contribution in [1.82, 2.24) is 5.32 Å². The van der Waals surface area contributed by atoms with E-state index < -0.39 is 0 Å². The summed E-state index contributed by atoms with van der Waals surface area (Å²) in [4.78, 5) is 0. The van der Waals surface area contributed by atoms with Gasteiger partial charge in [0.15, 0.2) is 0 Å². The second-order valence-electron chi connectivity index (χ2n) is 5.83. The maximum atomic E-state index is 6.26. The predicted octanol–water partition coefficient (Wildman–Crippen LogP) is 5.59. The van der Waals surface area contributed by atoms with Crippen molar-refractivity contribution >= 4 is 23.2 Å². The summed E-state index contributed by atoms with van der Waals surface area (Å²) in [6.45, 7) is 2.20. The fourth-order valence-electron chi connectivity index (χ4n) is 3.02. The Morgan fingerprint density at radius 2 is 1.67 bits per heavy atom. The van der Waals surface area contributed by atoms with Crippen molar-refractivity contribution in [2.75, 3.05) is 0 Å². The van der Waals surface area contributed by atoms with E-state index in [1.54, 1.807) is 0 Å². The molecule has 1 fully saturated rings. The number of hydrogen-bond donors (Lipinski definition) is 1. The average Bonchev–Trinajstić information content (AvgIpc) is 2.44. The van der Waals surface area contributed by atoms with Gasteiger partial charge in [0.05, 0.1) is 0 Å². The molecule has 1 atom stereocenters. The van der Waals surface area contributed by atoms with E-state index >= 15 is 0 Å². The molecule has 0 spiro atoms. The number of halogens is 2. The molecule has 0 saturated heterocycles. The summed E-state index contributed by atoms with van der Waals surface area (Å²) in [5.74, 6) is 0.591. The Morgan fingerprint density at radius 3 is 2.33 bits per heavy atom. The van der Waals surface area contributed by atoms with Crippen LogP contribution < -0.4 is 5.32 Å². The van der Waals surface area contributed by atoms with Crippen LogP contribution in [0.15, 0.2) is 48.5 Å². The van der Waals surface area contributed by atoms with Crippen molar-refractivity contribution in [3.05, 3.63) is 69.7 Å². The summed E-state index contributed by atoms with van der Waals surface area (Å²) in [6.07, 6.45) is 2.31. The molecule has 1 nitrogen and oxygen atoms in total. The van der Waals surface area contributed by atoms with Gasteiger partial charge in [-0.25, -0.2) is 0 Å². The predicted molar refractivity (Wildman–Crippen MR) is 90.2 cm³/mol. The first kappa shape index (κ1) is 14.9. The van der Waals surface area contributed by atoms with Gasteiger partial charge in [-0.3, -0.25) is 0 Å². The SMILES string of the molecule is CC(NC1CC(c2ccccc2Cl)C1)c1ccc(Cl)cc1. The van der Waals surface area contributed by atoms with Crippen molar-refractivity contribution in [3.63, 3.8) is 0 Å². The van der Waals surface area contributed by atoms with Gasteiger partial charge in [-0.2, -0.15) is 0 Å². The van der Waals surface area contributed by atoms with Crippen LogP contribution in [0.5, 0.6) is 0 Å². The van der Waals surface area contributed by atoms with E-state index in [1.165, 1.54) is 11.1 Å². The number of rotatable bonds is 4. The summed E-state index contributed by atoms with van der Waals surface area (Å²) in [5.41, 5.74) is 2.57. The molecular weight excluding hydrogens is 301 g/mol. The zero-order valence-electron chi connectivity index (χ0n) is 12.0. The molecule has 21 heavy (non-hydrogen) atoms. The van der Waals surface area contributed by atoms with Gasteiger partial charge in [-0.05, 0) is 55.0 Å². The van der Waals surface area contributed by atoms with Gasteiger partial charge in [0.25, 0.3) is 0 Å². The lowest BCUT2D eigenvalue weighted by Crippen LogP contribution is -2.41. The summed E-state index contributed by atoms with van der Waals surface area (Å²) in [5, 5.41) is 5.37. The highest BCUT2D eigenvalue weighted by atomic mass is 35.5. The lowest BCUT2D eigenvalue weighted by molar-refractivity contribution is 0.271. The Bertz CT molecular complexity index is 603. The summed E-state index contributed by atoms with van der Waals surface area (Å²) in [6, 6.07) is 17.2. The molecule has 2 aromatic rings. The third-order valence-corrected chi connectivity index (χ3v) is 4.94. The molecule has 0 radical (unpaired) electrons. The van der Waals surface area contributed by atoms with Crippen molar-refractivity contribution < 1.29 is 0 Å². The normalized spacial score (nSPS) is 22.6. The Labute approximate surface area is 136 Å². The lowest BCUT2D eigenvalue weighted by Gasteiger charge is -2.38. The second kappa shape index (κ2) is 6.39. The van der Waals surface area contributed by atoms with Crippen LogP contribution in [-0.2, 0) is 0 Å². The molecule has 2 aromatic carbocycles. The Hall–Kier alpha value is -1.02. The van der Waals surface area contributed by atoms with Crippen LogP contribution in [-0.4, -0.2) is 6.04 Å². The smallest absolute Gasteiger partial charge is 0.0440 e. The molecule has 110 valence electrons. The first-order valence-corrected chi connectivity index (χ1v) is 8.15. The first-order valence-electron chi connectivity index (χ1n) is 7.39. The molecule has 0 aliphatic heterocycles. The van der Waals surface area contributed by atoms with Gasteiger partial charge < -0.3 is 5.32 Å². The molecule has 1 saturated carbocycles. The fourth-order valence-corrected chi connectivity index (χ4v) is 3.43. The highest BCUT2D eigenvalue weighted by Gasteiger charge is 2.32. The molecule has 1 unspecified atom stereocenters. The van der Waals surface area contributed by atoms with Crippen molar-refractivity contribution in [2.24, 2.45) is 0 Å². The maximum Gasteiger partial charge on any atom is 0.0440 e. The minimum Gasteiger partial charge on any atom is -0.307 e. The minimum atomic E-state index is 0.347. The molecule has 0 bridgehead atoms. The van der Waals surface area contributed by atoms with E-state index in [-0.39, 0.29) is 0 Å². The van der Waals surface area contributed by atoms with E-state index in [2.05, 4.69) is 36.5 Å². The molecule has 1 aliphatic rings. The third kappa shape index (κ3) is 3.42. The summed E-state index contributed by atoms with van der Waals surface area (Å²) >= 11 is 12.2. The molecule has 0 heterocycles. The van der Waals surface area contributed by atoms with Crippen LogP contribution in [0.3, 0.4) is 0 Å². The van der Waals surface area contributed by atoms with E-state index in [4.69, 9.17) is 23.2 Å². The maximum absolute atomic E-state index is 6.26. The first-order chi connectivity index (χ1) is 10.1. The van der Waals surface area contributed by atoms with Crippen molar-refractivity contribution in [2.45, 2.75) is 37.8 Å². The molecule has 3 rings (SSSR count). The van der Waals surface area contributed by atoms with Crippen LogP contribution >= 0.6 is 23.2 Å². The zero-order chi connectivity index (χ0) is 14.8. The van der Waals surface area contributed by atoms with E-state index in [1.807, 2.05) is 24.3 Å². The van der Waals surface area contributed by atoms with Crippen LogP contribution in [0.2, 0.25) is 10.0 Å². The van der Waals surface area contributed by atoms with Crippen molar-refractivity contribution in [1.29, 1.82) is 0 Å². The molecule has 1 aliphatic carbocycles.